The Hall–Kier alpha value is -2.34. The third-order valence-electron chi connectivity index (χ3n) is 2.83. The molecular formula is C13H12N4OS. The van der Waals surface area contributed by atoms with Crippen molar-refractivity contribution in [3.05, 3.63) is 41.0 Å². The number of hydrogen-bond acceptors (Lipinski definition) is 4. The third-order valence-corrected chi connectivity index (χ3v) is 3.82. The van der Waals surface area contributed by atoms with Crippen LogP contribution >= 0.6 is 11.3 Å². The zero-order valence-electron chi connectivity index (χ0n) is 10.2. The van der Waals surface area contributed by atoms with Crippen molar-refractivity contribution in [1.29, 1.82) is 0 Å². The first-order chi connectivity index (χ1) is 9.13. The number of H-pyrrole nitrogens is 1. The SMILES string of the molecule is Cc1nc(N)sc1C(=O)Nc1ccc2[nH]ccc2c1. The van der Waals surface area contributed by atoms with Crippen LogP contribution < -0.4 is 11.1 Å². The highest BCUT2D eigenvalue weighted by Gasteiger charge is 2.14. The highest BCUT2D eigenvalue weighted by atomic mass is 32.1. The lowest BCUT2D eigenvalue weighted by Crippen LogP contribution is -2.11. The summed E-state index contributed by atoms with van der Waals surface area (Å²) < 4.78 is 0. The van der Waals surface area contributed by atoms with Crippen LogP contribution in [0.1, 0.15) is 15.4 Å². The summed E-state index contributed by atoms with van der Waals surface area (Å²) in [4.78, 5) is 19.8. The molecule has 5 nitrogen and oxygen atoms in total. The van der Waals surface area contributed by atoms with E-state index in [0.29, 0.717) is 15.7 Å². The zero-order chi connectivity index (χ0) is 13.4. The van der Waals surface area contributed by atoms with Crippen molar-refractivity contribution in [1.82, 2.24) is 9.97 Å². The summed E-state index contributed by atoms with van der Waals surface area (Å²) in [5.74, 6) is -0.179. The Balaban J connectivity index is 1.88. The Morgan fingerprint density at radius 1 is 1.42 bits per heavy atom. The highest BCUT2D eigenvalue weighted by Crippen LogP contribution is 2.22. The minimum atomic E-state index is -0.179. The summed E-state index contributed by atoms with van der Waals surface area (Å²) in [7, 11) is 0. The summed E-state index contributed by atoms with van der Waals surface area (Å²) >= 11 is 1.20. The molecule has 0 radical (unpaired) electrons. The maximum Gasteiger partial charge on any atom is 0.267 e. The van der Waals surface area contributed by atoms with Crippen LogP contribution in [0.3, 0.4) is 0 Å². The van der Waals surface area contributed by atoms with Gasteiger partial charge in [0.05, 0.1) is 5.69 Å². The number of thiazole rings is 1. The van der Waals surface area contributed by atoms with E-state index in [2.05, 4.69) is 15.3 Å². The number of aromatic amines is 1. The van der Waals surface area contributed by atoms with E-state index in [1.807, 2.05) is 30.5 Å². The molecule has 2 heterocycles. The first-order valence-electron chi connectivity index (χ1n) is 5.75. The third kappa shape index (κ3) is 2.17. The highest BCUT2D eigenvalue weighted by molar-refractivity contribution is 7.17. The number of amides is 1. The molecule has 0 saturated heterocycles. The van der Waals surface area contributed by atoms with E-state index in [1.165, 1.54) is 11.3 Å². The standard InChI is InChI=1S/C13H12N4OS/c1-7-11(19-13(14)16-7)12(18)17-9-2-3-10-8(6-9)4-5-15-10/h2-6,15H,1H3,(H2,14,16)(H,17,18). The Morgan fingerprint density at radius 3 is 3.00 bits per heavy atom. The molecule has 0 atom stereocenters. The molecule has 1 aromatic carbocycles. The number of carbonyl (C=O) groups is 1. The molecule has 1 amide bonds. The number of nitrogens with one attached hydrogen (secondary N) is 2. The van der Waals surface area contributed by atoms with Gasteiger partial charge in [0.1, 0.15) is 4.88 Å². The van der Waals surface area contributed by atoms with E-state index in [1.54, 1.807) is 6.92 Å². The number of aryl methyl sites for hydroxylation is 1. The van der Waals surface area contributed by atoms with Gasteiger partial charge in [0.2, 0.25) is 0 Å². The van der Waals surface area contributed by atoms with Gasteiger partial charge >= 0.3 is 0 Å². The molecule has 0 saturated carbocycles. The number of aromatic nitrogens is 2. The van der Waals surface area contributed by atoms with Gasteiger partial charge in [0.15, 0.2) is 5.13 Å². The van der Waals surface area contributed by atoms with E-state index in [0.717, 1.165) is 16.6 Å². The van der Waals surface area contributed by atoms with Crippen molar-refractivity contribution in [2.45, 2.75) is 6.92 Å². The molecule has 0 spiro atoms. The second-order valence-corrected chi connectivity index (χ2v) is 5.23. The minimum absolute atomic E-state index is 0.179. The quantitative estimate of drug-likeness (QED) is 0.670. The molecule has 2 aromatic heterocycles. The Kier molecular flexibility index (Phi) is 2.72. The van der Waals surface area contributed by atoms with Crippen LogP contribution in [0.15, 0.2) is 30.5 Å². The van der Waals surface area contributed by atoms with Gasteiger partial charge in [-0.3, -0.25) is 4.79 Å². The topological polar surface area (TPSA) is 83.8 Å². The van der Waals surface area contributed by atoms with E-state index < -0.39 is 0 Å². The number of fused-ring (bicyclic) bond motifs is 1. The van der Waals surface area contributed by atoms with Gasteiger partial charge in [-0.1, -0.05) is 11.3 Å². The molecule has 6 heteroatoms. The van der Waals surface area contributed by atoms with Crippen LogP contribution in [0.2, 0.25) is 0 Å². The van der Waals surface area contributed by atoms with E-state index >= 15 is 0 Å². The van der Waals surface area contributed by atoms with Gasteiger partial charge in [-0.05, 0) is 31.2 Å². The first-order valence-corrected chi connectivity index (χ1v) is 6.56. The number of nitrogen functional groups attached to an aromatic ring is 1. The predicted octanol–water partition coefficient (Wildman–Crippen LogP) is 2.77. The van der Waals surface area contributed by atoms with E-state index in [9.17, 15) is 4.79 Å². The number of nitrogens with two attached hydrogens (primary N) is 1. The maximum absolute atomic E-state index is 12.1. The van der Waals surface area contributed by atoms with Gasteiger partial charge in [-0.2, -0.15) is 0 Å². The average molecular weight is 272 g/mol. The Bertz CT molecular complexity index is 759. The molecule has 0 unspecified atom stereocenters. The summed E-state index contributed by atoms with van der Waals surface area (Å²) in [6, 6.07) is 7.67. The van der Waals surface area contributed by atoms with Gasteiger partial charge in [0, 0.05) is 22.8 Å². The average Bonchev–Trinajstić information content (AvgIpc) is 2.94. The van der Waals surface area contributed by atoms with Crippen LogP contribution in [-0.4, -0.2) is 15.9 Å². The van der Waals surface area contributed by atoms with E-state index in [-0.39, 0.29) is 5.91 Å². The van der Waals surface area contributed by atoms with Crippen LogP contribution in [0, 0.1) is 6.92 Å². The van der Waals surface area contributed by atoms with Crippen LogP contribution in [0.5, 0.6) is 0 Å². The number of rotatable bonds is 2. The maximum atomic E-state index is 12.1. The molecule has 4 N–H and O–H groups in total. The molecular weight excluding hydrogens is 260 g/mol. The zero-order valence-corrected chi connectivity index (χ0v) is 11.0. The van der Waals surface area contributed by atoms with Crippen molar-refractivity contribution < 1.29 is 4.79 Å². The van der Waals surface area contributed by atoms with Gasteiger partial charge < -0.3 is 16.0 Å². The summed E-state index contributed by atoms with van der Waals surface area (Å²) in [6.07, 6.45) is 1.87. The smallest absolute Gasteiger partial charge is 0.267 e. The van der Waals surface area contributed by atoms with Crippen LogP contribution in [0.25, 0.3) is 10.9 Å². The fourth-order valence-corrected chi connectivity index (χ4v) is 2.68. The molecule has 3 rings (SSSR count). The van der Waals surface area contributed by atoms with Crippen molar-refractivity contribution in [2.24, 2.45) is 0 Å². The number of benzene rings is 1. The lowest BCUT2D eigenvalue weighted by atomic mass is 10.2. The minimum Gasteiger partial charge on any atom is -0.375 e. The van der Waals surface area contributed by atoms with Gasteiger partial charge in [-0.25, -0.2) is 4.98 Å². The van der Waals surface area contributed by atoms with Crippen molar-refractivity contribution >= 4 is 39.0 Å². The van der Waals surface area contributed by atoms with E-state index in [4.69, 9.17) is 5.73 Å². The molecule has 0 aliphatic carbocycles. The molecule has 96 valence electrons. The van der Waals surface area contributed by atoms with Crippen LogP contribution in [0.4, 0.5) is 10.8 Å². The van der Waals surface area contributed by atoms with Gasteiger partial charge in [0.25, 0.3) is 5.91 Å². The molecule has 0 aliphatic rings. The van der Waals surface area contributed by atoms with Crippen molar-refractivity contribution in [2.75, 3.05) is 11.1 Å². The van der Waals surface area contributed by atoms with Crippen molar-refractivity contribution in [3.8, 4) is 0 Å². The predicted molar refractivity (Wildman–Crippen MR) is 77.5 cm³/mol. The summed E-state index contributed by atoms with van der Waals surface area (Å²) in [5, 5.41) is 4.32. The normalized spacial score (nSPS) is 10.8. The Morgan fingerprint density at radius 2 is 2.26 bits per heavy atom. The number of carbonyl (C=O) groups excluding carboxylic acids is 1. The summed E-state index contributed by atoms with van der Waals surface area (Å²) in [5.41, 5.74) is 8.04. The van der Waals surface area contributed by atoms with Gasteiger partial charge in [-0.15, -0.1) is 0 Å². The van der Waals surface area contributed by atoms with Crippen LogP contribution in [-0.2, 0) is 0 Å². The summed E-state index contributed by atoms with van der Waals surface area (Å²) in [6.45, 7) is 1.77. The fourth-order valence-electron chi connectivity index (χ4n) is 1.95. The fraction of sp³-hybridized carbons (Fsp3) is 0.0769. The number of anilines is 2. The Labute approximate surface area is 113 Å². The van der Waals surface area contributed by atoms with Crippen molar-refractivity contribution in [3.63, 3.8) is 0 Å². The monoisotopic (exact) mass is 272 g/mol. The lowest BCUT2D eigenvalue weighted by molar-refractivity contribution is 0.103. The second kappa shape index (κ2) is 4.40. The lowest BCUT2D eigenvalue weighted by Gasteiger charge is -2.04. The molecule has 0 aliphatic heterocycles. The second-order valence-electron chi connectivity index (χ2n) is 4.20. The molecule has 19 heavy (non-hydrogen) atoms. The first kappa shape index (κ1) is 11.7. The molecule has 0 bridgehead atoms. The molecule has 3 aromatic rings. The molecule has 0 fully saturated rings. The number of hydrogen-bond donors (Lipinski definition) is 3. The largest absolute Gasteiger partial charge is 0.375 e. The number of nitrogens with zero attached hydrogens (tertiary/aromatic N) is 1.